The molecule has 0 aliphatic carbocycles. The number of hydrogen-bond acceptors (Lipinski definition) is 5. The van der Waals surface area contributed by atoms with E-state index in [9.17, 15) is 14.7 Å². The molecule has 0 bridgehead atoms. The molecule has 72 heavy (non-hydrogen) atoms. The lowest BCUT2D eigenvalue weighted by Crippen LogP contribution is -2.28. The monoisotopic (exact) mass is 989 g/mol. The molecule has 1 unspecified atom stereocenters. The van der Waals surface area contributed by atoms with Gasteiger partial charge in [0.15, 0.2) is 6.10 Å². The van der Waals surface area contributed by atoms with E-state index in [1.54, 1.807) is 0 Å². The quantitative estimate of drug-likeness (QED) is 0.0373. The van der Waals surface area contributed by atoms with Crippen molar-refractivity contribution >= 4 is 11.9 Å². The van der Waals surface area contributed by atoms with E-state index in [2.05, 4.69) is 184 Å². The molecular formula is C67H104O5. The van der Waals surface area contributed by atoms with Gasteiger partial charge < -0.3 is 14.6 Å². The molecule has 0 amide bonds. The highest BCUT2D eigenvalue weighted by atomic mass is 16.6. The zero-order valence-electron chi connectivity index (χ0n) is 45.9. The molecule has 402 valence electrons. The summed E-state index contributed by atoms with van der Waals surface area (Å²) in [6.07, 6.45) is 94.5. The van der Waals surface area contributed by atoms with E-state index in [-0.39, 0.29) is 25.2 Å². The molecule has 0 radical (unpaired) electrons. The summed E-state index contributed by atoms with van der Waals surface area (Å²) < 4.78 is 10.7. The average Bonchev–Trinajstić information content (AvgIpc) is 3.38. The minimum atomic E-state index is -0.798. The summed E-state index contributed by atoms with van der Waals surface area (Å²) in [6.45, 7) is 3.88. The van der Waals surface area contributed by atoms with Crippen LogP contribution >= 0.6 is 0 Å². The standard InChI is InChI=1S/C67H104O5/c1-3-5-7-9-11-13-15-17-19-21-23-25-27-28-29-30-31-32-33-34-35-36-37-38-40-42-44-46-48-50-52-54-56-58-60-62-67(70)72-65(63-68)64-71-66(69)61-59-57-55-53-51-49-47-45-43-41-39-26-24-22-20-18-16-14-12-10-8-6-4-2/h5-8,11-14,17-20,23-26,28-29,31-32,34-35,37-38,41-44,65,68H,3-4,9-10,15-16,21-22,27,30,33,36,39-40,45-64H2,1-2H3/b7-5-,8-6-,13-11-,14-12-,19-17-,20-18-,25-23-,26-24-,29-28-,32-31-,35-34-,38-37-,43-41-,44-42-. The molecule has 0 aromatic carbocycles. The van der Waals surface area contributed by atoms with Crippen LogP contribution in [0.2, 0.25) is 0 Å². The Kier molecular flexibility index (Phi) is 56.6. The van der Waals surface area contributed by atoms with Crippen LogP contribution in [0.3, 0.4) is 0 Å². The van der Waals surface area contributed by atoms with Gasteiger partial charge in [-0.25, -0.2) is 0 Å². The van der Waals surface area contributed by atoms with Gasteiger partial charge in [0, 0.05) is 12.8 Å². The molecule has 1 atom stereocenters. The van der Waals surface area contributed by atoms with Crippen molar-refractivity contribution in [2.45, 2.75) is 225 Å². The smallest absolute Gasteiger partial charge is 0.306 e. The van der Waals surface area contributed by atoms with E-state index in [4.69, 9.17) is 9.47 Å². The maximum absolute atomic E-state index is 12.3. The van der Waals surface area contributed by atoms with Crippen molar-refractivity contribution in [3.8, 4) is 0 Å². The third kappa shape index (κ3) is 57.8. The van der Waals surface area contributed by atoms with E-state index < -0.39 is 6.10 Å². The molecule has 0 aliphatic heterocycles. The number of aliphatic hydroxyl groups excluding tert-OH is 1. The molecule has 0 fully saturated rings. The lowest BCUT2D eigenvalue weighted by molar-refractivity contribution is -0.161. The molecule has 0 heterocycles. The second-order valence-electron chi connectivity index (χ2n) is 18.2. The van der Waals surface area contributed by atoms with Gasteiger partial charge in [-0.15, -0.1) is 0 Å². The number of hydrogen-bond donors (Lipinski definition) is 1. The number of carbonyl (C=O) groups is 2. The lowest BCUT2D eigenvalue weighted by Gasteiger charge is -2.15. The van der Waals surface area contributed by atoms with Crippen molar-refractivity contribution in [2.75, 3.05) is 13.2 Å². The summed E-state index contributed by atoms with van der Waals surface area (Å²) in [7, 11) is 0. The highest BCUT2D eigenvalue weighted by Crippen LogP contribution is 2.13. The second kappa shape index (κ2) is 60.6. The molecule has 5 heteroatoms. The zero-order valence-corrected chi connectivity index (χ0v) is 45.9. The van der Waals surface area contributed by atoms with Crippen molar-refractivity contribution in [1.82, 2.24) is 0 Å². The van der Waals surface area contributed by atoms with Crippen molar-refractivity contribution in [3.63, 3.8) is 0 Å². The van der Waals surface area contributed by atoms with Gasteiger partial charge in [0.05, 0.1) is 6.61 Å². The Balaban J connectivity index is 3.64. The van der Waals surface area contributed by atoms with Crippen molar-refractivity contribution in [1.29, 1.82) is 0 Å². The number of carbonyl (C=O) groups excluding carboxylic acids is 2. The summed E-state index contributed by atoms with van der Waals surface area (Å²) in [5, 5.41) is 9.66. The van der Waals surface area contributed by atoms with E-state index >= 15 is 0 Å². The van der Waals surface area contributed by atoms with Gasteiger partial charge in [0.2, 0.25) is 0 Å². The summed E-state index contributed by atoms with van der Waals surface area (Å²) in [5.41, 5.74) is 0. The number of rotatable bonds is 50. The topological polar surface area (TPSA) is 72.8 Å². The van der Waals surface area contributed by atoms with Gasteiger partial charge in [0.25, 0.3) is 0 Å². The van der Waals surface area contributed by atoms with Crippen LogP contribution < -0.4 is 0 Å². The van der Waals surface area contributed by atoms with Gasteiger partial charge in [-0.3, -0.25) is 9.59 Å². The molecular weight excluding hydrogens is 885 g/mol. The average molecular weight is 990 g/mol. The zero-order chi connectivity index (χ0) is 52.0. The fourth-order valence-corrected chi connectivity index (χ4v) is 7.28. The van der Waals surface area contributed by atoms with Crippen LogP contribution in [0.5, 0.6) is 0 Å². The van der Waals surface area contributed by atoms with E-state index in [1.807, 2.05) is 0 Å². The Morgan fingerprint density at radius 3 is 0.833 bits per heavy atom. The minimum absolute atomic E-state index is 0.0880. The first-order valence-corrected chi connectivity index (χ1v) is 28.7. The Hall–Kier alpha value is -4.74. The molecule has 0 saturated heterocycles. The minimum Gasteiger partial charge on any atom is -0.462 e. The number of aliphatic hydroxyl groups is 1. The molecule has 0 aromatic rings. The van der Waals surface area contributed by atoms with E-state index in [1.165, 1.54) is 51.4 Å². The third-order valence-electron chi connectivity index (χ3n) is 11.5. The highest BCUT2D eigenvalue weighted by molar-refractivity contribution is 5.70. The van der Waals surface area contributed by atoms with Crippen LogP contribution in [0.1, 0.15) is 219 Å². The van der Waals surface area contributed by atoms with Gasteiger partial charge in [-0.1, -0.05) is 248 Å². The van der Waals surface area contributed by atoms with Crippen LogP contribution in [0.4, 0.5) is 0 Å². The maximum Gasteiger partial charge on any atom is 0.306 e. The van der Waals surface area contributed by atoms with Crippen LogP contribution in [0, 0.1) is 0 Å². The molecule has 5 nitrogen and oxygen atoms in total. The largest absolute Gasteiger partial charge is 0.462 e. The van der Waals surface area contributed by atoms with Gasteiger partial charge in [-0.05, 0) is 128 Å². The summed E-state index contributed by atoms with van der Waals surface area (Å²) in [4.78, 5) is 24.5. The first-order valence-electron chi connectivity index (χ1n) is 28.7. The molecule has 0 aromatic heterocycles. The van der Waals surface area contributed by atoms with E-state index in [0.717, 1.165) is 141 Å². The van der Waals surface area contributed by atoms with Gasteiger partial charge in [-0.2, -0.15) is 0 Å². The predicted molar refractivity (Wildman–Crippen MR) is 315 cm³/mol. The van der Waals surface area contributed by atoms with Crippen LogP contribution in [-0.2, 0) is 19.1 Å². The molecule has 0 saturated carbocycles. The SMILES string of the molecule is CC/C=C\C/C=C\C/C=C\C/C=C\C/C=C\C/C=C\C/C=C\C/C=C\C/C=C\CCCCCCCCCC(=O)OC(CO)COC(=O)CCCCCCCCC/C=C\C/C=C\C/C=C\C/C=C\C/C=C\CC. The number of ether oxygens (including phenoxy) is 2. The van der Waals surface area contributed by atoms with E-state index in [0.29, 0.717) is 12.8 Å². The summed E-state index contributed by atoms with van der Waals surface area (Å²) >= 11 is 0. The van der Waals surface area contributed by atoms with Crippen LogP contribution in [0.15, 0.2) is 170 Å². The first-order chi connectivity index (χ1) is 35.6. The predicted octanol–water partition coefficient (Wildman–Crippen LogP) is 19.7. The molecule has 0 spiro atoms. The Morgan fingerprint density at radius 2 is 0.556 bits per heavy atom. The third-order valence-corrected chi connectivity index (χ3v) is 11.5. The summed E-state index contributed by atoms with van der Waals surface area (Å²) in [6, 6.07) is 0. The van der Waals surface area contributed by atoms with Crippen molar-refractivity contribution < 1.29 is 24.2 Å². The maximum atomic E-state index is 12.3. The lowest BCUT2D eigenvalue weighted by atomic mass is 10.1. The van der Waals surface area contributed by atoms with Crippen molar-refractivity contribution in [2.24, 2.45) is 0 Å². The number of esters is 2. The van der Waals surface area contributed by atoms with Crippen LogP contribution in [0.25, 0.3) is 0 Å². The Labute approximate surface area is 443 Å². The van der Waals surface area contributed by atoms with Gasteiger partial charge >= 0.3 is 11.9 Å². The molecule has 1 N–H and O–H groups in total. The van der Waals surface area contributed by atoms with Gasteiger partial charge in [0.1, 0.15) is 6.61 Å². The fraction of sp³-hybridized carbons (Fsp3) is 0.552. The van der Waals surface area contributed by atoms with Crippen LogP contribution in [-0.4, -0.2) is 36.4 Å². The van der Waals surface area contributed by atoms with Crippen molar-refractivity contribution in [3.05, 3.63) is 170 Å². The Bertz CT molecular complexity index is 1640. The molecule has 0 aliphatic rings. The first kappa shape index (κ1) is 67.3. The number of allylic oxidation sites excluding steroid dienone is 28. The fourth-order valence-electron chi connectivity index (χ4n) is 7.28. The normalized spacial score (nSPS) is 13.5. The summed E-state index contributed by atoms with van der Waals surface area (Å²) in [5.74, 6) is -0.629. The molecule has 0 rings (SSSR count). The number of unbranched alkanes of at least 4 members (excludes halogenated alkanes) is 14. The second-order valence-corrected chi connectivity index (χ2v) is 18.2. The highest BCUT2D eigenvalue weighted by Gasteiger charge is 2.16. The Morgan fingerprint density at radius 1 is 0.319 bits per heavy atom.